The van der Waals surface area contributed by atoms with Gasteiger partial charge in [-0.1, -0.05) is 30.3 Å². The van der Waals surface area contributed by atoms with Crippen molar-refractivity contribution in [3.63, 3.8) is 0 Å². The summed E-state index contributed by atoms with van der Waals surface area (Å²) in [5, 5.41) is 22.3. The highest BCUT2D eigenvalue weighted by atomic mass is 16.5. The molecule has 204 valence electrons. The molecule has 2 aromatic heterocycles. The van der Waals surface area contributed by atoms with E-state index in [4.69, 9.17) is 14.5 Å². The minimum absolute atomic E-state index is 0.131. The van der Waals surface area contributed by atoms with Gasteiger partial charge in [0.15, 0.2) is 6.23 Å². The first kappa shape index (κ1) is 26.6. The van der Waals surface area contributed by atoms with E-state index in [1.165, 1.54) is 19.8 Å². The molecule has 3 atom stereocenters. The molecule has 9 heteroatoms. The first-order chi connectivity index (χ1) is 18.7. The lowest BCUT2D eigenvalue weighted by Crippen LogP contribution is -2.30. The summed E-state index contributed by atoms with van der Waals surface area (Å²) in [6.45, 7) is 10.1. The van der Waals surface area contributed by atoms with Crippen molar-refractivity contribution in [2.24, 2.45) is 0 Å². The van der Waals surface area contributed by atoms with Crippen LogP contribution in [0, 0.1) is 27.7 Å². The fraction of sp³-hybridized carbons (Fsp3) is 0.367. The SMILES string of the molecule is COc1ncc(-c2nc3c(n2[C@H](C)CO)C(c2ccc(C)c(C)c2)N(c2cc(C)ccc2C)C3O)c(OC)n1. The second kappa shape index (κ2) is 10.3. The fourth-order valence-electron chi connectivity index (χ4n) is 5.33. The van der Waals surface area contributed by atoms with Gasteiger partial charge in [-0.05, 0) is 68.5 Å². The minimum atomic E-state index is -1.02. The number of aryl methyl sites for hydroxylation is 4. The molecule has 9 nitrogen and oxygen atoms in total. The number of fused-ring (bicyclic) bond motifs is 1. The lowest BCUT2D eigenvalue weighted by molar-refractivity contribution is 0.174. The van der Waals surface area contributed by atoms with Crippen molar-refractivity contribution in [1.29, 1.82) is 0 Å². The first-order valence-corrected chi connectivity index (χ1v) is 13.0. The van der Waals surface area contributed by atoms with Crippen molar-refractivity contribution in [3.05, 3.63) is 81.8 Å². The van der Waals surface area contributed by atoms with Gasteiger partial charge in [0, 0.05) is 11.9 Å². The van der Waals surface area contributed by atoms with Crippen LogP contribution >= 0.6 is 0 Å². The Labute approximate surface area is 228 Å². The van der Waals surface area contributed by atoms with Gasteiger partial charge in [0.1, 0.15) is 11.5 Å². The summed E-state index contributed by atoms with van der Waals surface area (Å²) >= 11 is 0. The number of methoxy groups -OCH3 is 2. The number of benzene rings is 2. The van der Waals surface area contributed by atoms with E-state index in [2.05, 4.69) is 60.2 Å². The van der Waals surface area contributed by atoms with Crippen molar-refractivity contribution in [2.75, 3.05) is 25.7 Å². The van der Waals surface area contributed by atoms with Gasteiger partial charge in [-0.25, -0.2) is 9.97 Å². The fourth-order valence-corrected chi connectivity index (χ4v) is 5.33. The summed E-state index contributed by atoms with van der Waals surface area (Å²) < 4.78 is 12.7. The molecular formula is C30H35N5O4. The van der Waals surface area contributed by atoms with Crippen LogP contribution in [0.3, 0.4) is 0 Å². The Bertz CT molecular complexity index is 1530. The Kier molecular flexibility index (Phi) is 7.05. The average molecular weight is 530 g/mol. The maximum atomic E-state index is 11.9. The Morgan fingerprint density at radius 2 is 1.69 bits per heavy atom. The highest BCUT2D eigenvalue weighted by Crippen LogP contribution is 2.50. The smallest absolute Gasteiger partial charge is 0.319 e. The number of aliphatic hydroxyl groups excluding tert-OH is 2. The number of ether oxygens (including phenoxy) is 2. The molecule has 0 bridgehead atoms. The lowest BCUT2D eigenvalue weighted by atomic mass is 9.97. The molecule has 1 aliphatic heterocycles. The summed E-state index contributed by atoms with van der Waals surface area (Å²) in [4.78, 5) is 15.6. The van der Waals surface area contributed by atoms with Gasteiger partial charge < -0.3 is 29.2 Å². The Balaban J connectivity index is 1.81. The summed E-state index contributed by atoms with van der Waals surface area (Å²) in [6, 6.07) is 12.1. The molecule has 0 saturated carbocycles. The molecule has 0 saturated heterocycles. The Morgan fingerprint density at radius 1 is 0.949 bits per heavy atom. The minimum Gasteiger partial charge on any atom is -0.480 e. The molecule has 1 aliphatic rings. The van der Waals surface area contributed by atoms with Crippen LogP contribution in [0.15, 0.2) is 42.6 Å². The highest BCUT2D eigenvalue weighted by Gasteiger charge is 2.45. The van der Waals surface area contributed by atoms with E-state index in [1.54, 1.807) is 6.20 Å². The van der Waals surface area contributed by atoms with E-state index >= 15 is 0 Å². The molecule has 0 spiro atoms. The third-order valence-corrected chi connectivity index (χ3v) is 7.56. The van der Waals surface area contributed by atoms with Crippen molar-refractivity contribution in [2.45, 2.75) is 52.9 Å². The monoisotopic (exact) mass is 529 g/mol. The van der Waals surface area contributed by atoms with E-state index in [0.29, 0.717) is 23.0 Å². The second-order valence-corrected chi connectivity index (χ2v) is 10.2. The number of nitrogens with zero attached hydrogens (tertiary/aromatic N) is 5. The summed E-state index contributed by atoms with van der Waals surface area (Å²) in [5.74, 6) is 0.801. The Hall–Kier alpha value is -3.95. The molecule has 0 radical (unpaired) electrons. The standard InChI is InChI=1S/C30H35N5O4/c1-16-8-9-18(3)23(12-16)35-25(21-11-10-17(2)19(4)13-21)26-24(29(35)37)32-27(34(26)20(5)15-36)22-14-31-30(39-7)33-28(22)38-6/h8-14,20,25,29,36-37H,15H2,1-7H3/t20-,25?,29?/m1/s1. The average Bonchev–Trinajstić information content (AvgIpc) is 3.45. The summed E-state index contributed by atoms with van der Waals surface area (Å²) in [5.41, 5.74) is 8.30. The van der Waals surface area contributed by atoms with Crippen molar-refractivity contribution in [3.8, 4) is 23.3 Å². The largest absolute Gasteiger partial charge is 0.480 e. The van der Waals surface area contributed by atoms with Gasteiger partial charge >= 0.3 is 6.01 Å². The number of imidazole rings is 1. The first-order valence-electron chi connectivity index (χ1n) is 13.0. The number of rotatable bonds is 7. The van der Waals surface area contributed by atoms with Crippen LogP contribution in [0.4, 0.5) is 5.69 Å². The van der Waals surface area contributed by atoms with Crippen LogP contribution in [-0.2, 0) is 0 Å². The molecule has 5 rings (SSSR count). The molecule has 2 aromatic carbocycles. The van der Waals surface area contributed by atoms with Crippen LogP contribution < -0.4 is 14.4 Å². The summed E-state index contributed by atoms with van der Waals surface area (Å²) in [7, 11) is 3.01. The maximum absolute atomic E-state index is 11.9. The number of hydrogen-bond donors (Lipinski definition) is 2. The molecule has 0 fully saturated rings. The van der Waals surface area contributed by atoms with Crippen LogP contribution in [-0.4, -0.2) is 50.6 Å². The molecule has 39 heavy (non-hydrogen) atoms. The predicted octanol–water partition coefficient (Wildman–Crippen LogP) is 4.74. The zero-order chi connectivity index (χ0) is 28.0. The number of hydrogen-bond acceptors (Lipinski definition) is 8. The molecular weight excluding hydrogens is 494 g/mol. The van der Waals surface area contributed by atoms with Gasteiger partial charge in [-0.15, -0.1) is 0 Å². The van der Waals surface area contributed by atoms with Gasteiger partial charge in [-0.3, -0.25) is 0 Å². The third kappa shape index (κ3) is 4.41. The van der Waals surface area contributed by atoms with Crippen LogP contribution in [0.1, 0.15) is 64.4 Å². The Morgan fingerprint density at radius 3 is 2.36 bits per heavy atom. The molecule has 3 heterocycles. The van der Waals surface area contributed by atoms with Gasteiger partial charge in [0.2, 0.25) is 5.88 Å². The zero-order valence-corrected chi connectivity index (χ0v) is 23.4. The highest BCUT2D eigenvalue weighted by molar-refractivity contribution is 5.68. The molecule has 2 N–H and O–H groups in total. The predicted molar refractivity (Wildman–Crippen MR) is 149 cm³/mol. The van der Waals surface area contributed by atoms with Crippen LogP contribution in [0.5, 0.6) is 11.9 Å². The topological polar surface area (TPSA) is 106 Å². The second-order valence-electron chi connectivity index (χ2n) is 10.2. The number of aliphatic hydroxyl groups is 2. The zero-order valence-electron chi connectivity index (χ0n) is 23.4. The van der Waals surface area contributed by atoms with E-state index in [1.807, 2.05) is 30.2 Å². The summed E-state index contributed by atoms with van der Waals surface area (Å²) in [6.07, 6.45) is 0.575. The number of aromatic nitrogens is 4. The van der Waals surface area contributed by atoms with Gasteiger partial charge in [-0.2, -0.15) is 4.98 Å². The van der Waals surface area contributed by atoms with E-state index in [9.17, 15) is 10.2 Å². The van der Waals surface area contributed by atoms with E-state index in [-0.39, 0.29) is 24.7 Å². The van der Waals surface area contributed by atoms with Crippen molar-refractivity contribution in [1.82, 2.24) is 19.5 Å². The van der Waals surface area contributed by atoms with E-state index in [0.717, 1.165) is 33.6 Å². The molecule has 4 aromatic rings. The van der Waals surface area contributed by atoms with Crippen molar-refractivity contribution < 1.29 is 19.7 Å². The third-order valence-electron chi connectivity index (χ3n) is 7.56. The normalized spacial score (nSPS) is 17.3. The molecule has 0 amide bonds. The van der Waals surface area contributed by atoms with Crippen LogP contribution in [0.2, 0.25) is 0 Å². The van der Waals surface area contributed by atoms with Gasteiger partial charge in [0.25, 0.3) is 0 Å². The molecule has 2 unspecified atom stereocenters. The lowest BCUT2D eigenvalue weighted by Gasteiger charge is -2.33. The van der Waals surface area contributed by atoms with Crippen LogP contribution in [0.25, 0.3) is 11.4 Å². The quantitative estimate of drug-likeness (QED) is 0.354. The maximum Gasteiger partial charge on any atom is 0.319 e. The van der Waals surface area contributed by atoms with Crippen molar-refractivity contribution >= 4 is 5.69 Å². The molecule has 0 aliphatic carbocycles. The number of anilines is 1. The van der Waals surface area contributed by atoms with E-state index < -0.39 is 6.23 Å². The van der Waals surface area contributed by atoms with Gasteiger partial charge in [0.05, 0.1) is 44.2 Å².